The number of hydrogen-bond donors (Lipinski definition) is 2. The maximum absolute atomic E-state index is 11.2. The van der Waals surface area contributed by atoms with Gasteiger partial charge in [-0.15, -0.1) is 0 Å². The van der Waals surface area contributed by atoms with Crippen LogP contribution in [0.5, 0.6) is 11.5 Å². The molecule has 2 N–H and O–H groups in total. The molecule has 0 aliphatic rings. The molecule has 0 aliphatic carbocycles. The monoisotopic (exact) mass is 253 g/mol. The molecule has 0 spiro atoms. The van der Waals surface area contributed by atoms with Crippen LogP contribution in [0.3, 0.4) is 0 Å². The van der Waals surface area contributed by atoms with Crippen molar-refractivity contribution in [2.45, 2.75) is 13.3 Å². The Hall–Kier alpha value is -1.75. The third-order valence-corrected chi connectivity index (χ3v) is 2.10. The van der Waals surface area contributed by atoms with Crippen LogP contribution in [-0.4, -0.2) is 37.4 Å². The van der Waals surface area contributed by atoms with Crippen LogP contribution in [0.15, 0.2) is 24.3 Å². The summed E-state index contributed by atoms with van der Waals surface area (Å²) in [7, 11) is 0. The molecular weight excluding hydrogens is 234 g/mol. The van der Waals surface area contributed by atoms with E-state index in [0.29, 0.717) is 12.4 Å². The minimum absolute atomic E-state index is 0.0604. The van der Waals surface area contributed by atoms with E-state index in [1.807, 2.05) is 6.92 Å². The van der Waals surface area contributed by atoms with E-state index >= 15 is 0 Å². The lowest BCUT2D eigenvalue weighted by molar-refractivity contribution is -0.123. The van der Waals surface area contributed by atoms with Crippen molar-refractivity contribution in [3.8, 4) is 11.5 Å². The summed E-state index contributed by atoms with van der Waals surface area (Å²) >= 11 is 0. The quantitative estimate of drug-likeness (QED) is 0.724. The lowest BCUT2D eigenvalue weighted by Gasteiger charge is -2.08. The summed E-state index contributed by atoms with van der Waals surface area (Å²) in [5.41, 5.74) is 0. The third kappa shape index (κ3) is 5.54. The lowest BCUT2D eigenvalue weighted by atomic mass is 10.3. The molecule has 100 valence electrons. The van der Waals surface area contributed by atoms with Crippen molar-refractivity contribution in [2.24, 2.45) is 0 Å². The number of rotatable bonds is 8. The maximum atomic E-state index is 11.2. The summed E-state index contributed by atoms with van der Waals surface area (Å²) < 4.78 is 10.7. The highest BCUT2D eigenvalue weighted by atomic mass is 16.5. The van der Waals surface area contributed by atoms with E-state index in [-0.39, 0.29) is 25.7 Å². The van der Waals surface area contributed by atoms with E-state index in [9.17, 15) is 4.79 Å². The van der Waals surface area contributed by atoms with Crippen LogP contribution in [0.4, 0.5) is 0 Å². The molecule has 0 saturated carbocycles. The fourth-order valence-corrected chi connectivity index (χ4v) is 1.25. The molecule has 18 heavy (non-hydrogen) atoms. The summed E-state index contributed by atoms with van der Waals surface area (Å²) in [6.07, 6.45) is 0.962. The highest BCUT2D eigenvalue weighted by molar-refractivity contribution is 5.77. The molecule has 0 radical (unpaired) electrons. The van der Waals surface area contributed by atoms with Crippen molar-refractivity contribution in [1.82, 2.24) is 5.32 Å². The van der Waals surface area contributed by atoms with Gasteiger partial charge < -0.3 is 19.9 Å². The summed E-state index contributed by atoms with van der Waals surface area (Å²) in [5, 5.41) is 11.0. The zero-order chi connectivity index (χ0) is 13.2. The predicted molar refractivity (Wildman–Crippen MR) is 67.8 cm³/mol. The van der Waals surface area contributed by atoms with Gasteiger partial charge in [0.05, 0.1) is 13.2 Å². The van der Waals surface area contributed by atoms with E-state index < -0.39 is 0 Å². The van der Waals surface area contributed by atoms with Gasteiger partial charge >= 0.3 is 0 Å². The normalized spacial score (nSPS) is 9.89. The van der Waals surface area contributed by atoms with Crippen LogP contribution in [0.2, 0.25) is 0 Å². The third-order valence-electron chi connectivity index (χ3n) is 2.10. The average Bonchev–Trinajstić information content (AvgIpc) is 2.41. The molecule has 0 unspecified atom stereocenters. The van der Waals surface area contributed by atoms with Crippen molar-refractivity contribution in [2.75, 3.05) is 26.4 Å². The van der Waals surface area contributed by atoms with Gasteiger partial charge in [0.2, 0.25) is 0 Å². The SMILES string of the molecule is CCCOc1ccc(OCC(=O)NCCO)cc1. The minimum Gasteiger partial charge on any atom is -0.494 e. The first kappa shape index (κ1) is 14.3. The number of hydrogen-bond acceptors (Lipinski definition) is 4. The summed E-state index contributed by atoms with van der Waals surface area (Å²) in [6.45, 7) is 2.84. The lowest BCUT2D eigenvalue weighted by Crippen LogP contribution is -2.31. The molecule has 1 rings (SSSR count). The van der Waals surface area contributed by atoms with Crippen molar-refractivity contribution >= 4 is 5.91 Å². The topological polar surface area (TPSA) is 67.8 Å². The Morgan fingerprint density at radius 1 is 1.22 bits per heavy atom. The van der Waals surface area contributed by atoms with E-state index in [1.54, 1.807) is 24.3 Å². The zero-order valence-corrected chi connectivity index (χ0v) is 10.5. The number of ether oxygens (including phenoxy) is 2. The zero-order valence-electron chi connectivity index (χ0n) is 10.5. The van der Waals surface area contributed by atoms with Crippen molar-refractivity contribution in [3.05, 3.63) is 24.3 Å². The van der Waals surface area contributed by atoms with E-state index in [2.05, 4.69) is 5.32 Å². The van der Waals surface area contributed by atoms with Crippen LogP contribution in [0.1, 0.15) is 13.3 Å². The summed E-state index contributed by atoms with van der Waals surface area (Å²) in [4.78, 5) is 11.2. The Bertz CT molecular complexity index is 351. The molecule has 0 fully saturated rings. The Balaban J connectivity index is 2.32. The second-order valence-electron chi connectivity index (χ2n) is 3.68. The fourth-order valence-electron chi connectivity index (χ4n) is 1.25. The van der Waals surface area contributed by atoms with Gasteiger partial charge in [0, 0.05) is 6.54 Å². The number of aliphatic hydroxyl groups excluding tert-OH is 1. The highest BCUT2D eigenvalue weighted by Crippen LogP contribution is 2.17. The van der Waals surface area contributed by atoms with Crippen LogP contribution < -0.4 is 14.8 Å². The molecule has 0 aliphatic heterocycles. The molecule has 5 heteroatoms. The maximum Gasteiger partial charge on any atom is 0.258 e. The van der Waals surface area contributed by atoms with Crippen molar-refractivity contribution < 1.29 is 19.4 Å². The van der Waals surface area contributed by atoms with Crippen LogP contribution in [0, 0.1) is 0 Å². The number of nitrogens with one attached hydrogen (secondary N) is 1. The number of benzene rings is 1. The number of amides is 1. The predicted octanol–water partition coefficient (Wildman–Crippen LogP) is 0.963. The van der Waals surface area contributed by atoms with E-state index in [4.69, 9.17) is 14.6 Å². The number of carbonyl (C=O) groups is 1. The molecule has 0 saturated heterocycles. The highest BCUT2D eigenvalue weighted by Gasteiger charge is 2.02. The van der Waals surface area contributed by atoms with Gasteiger partial charge in [-0.05, 0) is 30.7 Å². The molecule has 1 aromatic carbocycles. The first-order valence-electron chi connectivity index (χ1n) is 5.99. The summed E-state index contributed by atoms with van der Waals surface area (Å²) in [6, 6.07) is 7.11. The van der Waals surface area contributed by atoms with Gasteiger partial charge in [-0.1, -0.05) is 6.92 Å². The van der Waals surface area contributed by atoms with Crippen LogP contribution in [-0.2, 0) is 4.79 Å². The van der Waals surface area contributed by atoms with Gasteiger partial charge in [-0.3, -0.25) is 4.79 Å². The molecule has 0 aromatic heterocycles. The fraction of sp³-hybridized carbons (Fsp3) is 0.462. The molecular formula is C13H19NO4. The molecule has 1 aromatic rings. The van der Waals surface area contributed by atoms with Gasteiger partial charge in [0.25, 0.3) is 5.91 Å². The Morgan fingerprint density at radius 2 is 1.83 bits per heavy atom. The van der Waals surface area contributed by atoms with Crippen molar-refractivity contribution in [3.63, 3.8) is 0 Å². The van der Waals surface area contributed by atoms with Crippen LogP contribution >= 0.6 is 0 Å². The first-order chi connectivity index (χ1) is 8.76. The standard InChI is InChI=1S/C13H19NO4/c1-2-9-17-11-3-5-12(6-4-11)18-10-13(16)14-7-8-15/h3-6,15H,2,7-10H2,1H3,(H,14,16). The smallest absolute Gasteiger partial charge is 0.258 e. The molecule has 0 heterocycles. The second kappa shape index (κ2) is 8.36. The molecule has 5 nitrogen and oxygen atoms in total. The number of aliphatic hydroxyl groups is 1. The molecule has 1 amide bonds. The first-order valence-corrected chi connectivity index (χ1v) is 5.99. The Kier molecular flexibility index (Phi) is 6.64. The molecule has 0 bridgehead atoms. The minimum atomic E-state index is -0.254. The van der Waals surface area contributed by atoms with Gasteiger partial charge in [0.1, 0.15) is 11.5 Å². The van der Waals surface area contributed by atoms with Crippen LogP contribution in [0.25, 0.3) is 0 Å². The van der Waals surface area contributed by atoms with Gasteiger partial charge in [0.15, 0.2) is 6.61 Å². The Labute approximate surface area is 107 Å². The van der Waals surface area contributed by atoms with Crippen molar-refractivity contribution in [1.29, 1.82) is 0 Å². The molecule has 0 atom stereocenters. The van der Waals surface area contributed by atoms with E-state index in [1.165, 1.54) is 0 Å². The van der Waals surface area contributed by atoms with Gasteiger partial charge in [-0.2, -0.15) is 0 Å². The number of carbonyl (C=O) groups excluding carboxylic acids is 1. The second-order valence-corrected chi connectivity index (χ2v) is 3.68. The Morgan fingerprint density at radius 3 is 2.39 bits per heavy atom. The largest absolute Gasteiger partial charge is 0.494 e. The van der Waals surface area contributed by atoms with E-state index in [0.717, 1.165) is 12.2 Å². The van der Waals surface area contributed by atoms with Gasteiger partial charge in [-0.25, -0.2) is 0 Å². The summed E-state index contributed by atoms with van der Waals surface area (Å²) in [5.74, 6) is 1.14. The average molecular weight is 253 g/mol.